The van der Waals surface area contributed by atoms with Crippen LogP contribution in [0.5, 0.6) is 46.0 Å². The Morgan fingerprint density at radius 2 is 0.714 bits per heavy atom. The summed E-state index contributed by atoms with van der Waals surface area (Å²) in [6, 6.07) is 35.5. The molecule has 0 unspecified atom stereocenters. The van der Waals surface area contributed by atoms with Crippen LogP contribution in [0, 0.1) is 0 Å². The molecule has 0 saturated carbocycles. The van der Waals surface area contributed by atoms with Crippen molar-refractivity contribution in [2.24, 2.45) is 0 Å². The van der Waals surface area contributed by atoms with E-state index >= 15 is 0 Å². The van der Waals surface area contributed by atoms with Crippen LogP contribution in [-0.4, -0.2) is 22.0 Å². The smallest absolute Gasteiger partial charge is 0.255 e. The topological polar surface area (TPSA) is 178 Å². The maximum absolute atomic E-state index is 13.0. The SMILES string of the molecule is Nc1ccc(Oc2ccc(C(=O)Nc3cc(Oc4ccc(O)c(NC(=O)c5ccc(Oc6ccc(N)cc6)cc5)c4)ccc3O)cc2)cc1. The van der Waals surface area contributed by atoms with Gasteiger partial charge >= 0.3 is 0 Å². The summed E-state index contributed by atoms with van der Waals surface area (Å²) in [4.78, 5) is 25.9. The molecule has 8 N–H and O–H groups in total. The summed E-state index contributed by atoms with van der Waals surface area (Å²) in [5, 5.41) is 26.2. The van der Waals surface area contributed by atoms with Gasteiger partial charge in [-0.3, -0.25) is 9.59 Å². The average Bonchev–Trinajstić information content (AvgIpc) is 3.10. The number of anilines is 4. The largest absolute Gasteiger partial charge is 0.506 e. The van der Waals surface area contributed by atoms with Gasteiger partial charge in [-0.05, 0) is 121 Å². The number of phenols is 2. The first-order valence-corrected chi connectivity index (χ1v) is 14.9. The lowest BCUT2D eigenvalue weighted by Gasteiger charge is -2.13. The minimum Gasteiger partial charge on any atom is -0.506 e. The molecule has 0 aromatic heterocycles. The van der Waals surface area contributed by atoms with Gasteiger partial charge in [0.1, 0.15) is 46.0 Å². The second-order valence-corrected chi connectivity index (χ2v) is 10.8. The van der Waals surface area contributed by atoms with Crippen LogP contribution in [-0.2, 0) is 0 Å². The fourth-order valence-corrected chi connectivity index (χ4v) is 4.58. The maximum atomic E-state index is 13.0. The third-order valence-electron chi connectivity index (χ3n) is 7.13. The van der Waals surface area contributed by atoms with Crippen molar-refractivity contribution in [3.63, 3.8) is 0 Å². The first kappa shape index (κ1) is 31.8. The van der Waals surface area contributed by atoms with Crippen LogP contribution in [0.4, 0.5) is 22.7 Å². The molecule has 2 amide bonds. The maximum Gasteiger partial charge on any atom is 0.255 e. The zero-order valence-corrected chi connectivity index (χ0v) is 25.8. The molecular weight excluding hydrogens is 624 g/mol. The summed E-state index contributed by atoms with van der Waals surface area (Å²) in [6.45, 7) is 0. The Labute approximate surface area is 280 Å². The van der Waals surface area contributed by atoms with E-state index in [1.54, 1.807) is 97.1 Å². The molecule has 0 aliphatic rings. The van der Waals surface area contributed by atoms with Crippen LogP contribution >= 0.6 is 0 Å². The summed E-state index contributed by atoms with van der Waals surface area (Å²) in [7, 11) is 0. The van der Waals surface area contributed by atoms with Crippen molar-refractivity contribution in [1.82, 2.24) is 0 Å². The summed E-state index contributed by atoms with van der Waals surface area (Å²) >= 11 is 0. The molecule has 6 rings (SSSR count). The number of amides is 2. The van der Waals surface area contributed by atoms with Gasteiger partial charge in [0.25, 0.3) is 11.8 Å². The van der Waals surface area contributed by atoms with Gasteiger partial charge in [-0.25, -0.2) is 0 Å². The number of rotatable bonds is 10. The van der Waals surface area contributed by atoms with Crippen molar-refractivity contribution in [1.29, 1.82) is 0 Å². The van der Waals surface area contributed by atoms with E-state index in [1.165, 1.54) is 36.4 Å². The third kappa shape index (κ3) is 8.18. The van der Waals surface area contributed by atoms with E-state index in [0.717, 1.165) is 0 Å². The van der Waals surface area contributed by atoms with Crippen molar-refractivity contribution in [3.05, 3.63) is 145 Å². The molecule has 0 radical (unpaired) electrons. The van der Waals surface area contributed by atoms with Gasteiger partial charge in [0.15, 0.2) is 0 Å². The molecule has 0 aliphatic carbocycles. The molecule has 11 heteroatoms. The number of nitrogens with two attached hydrogens (primary N) is 2. The van der Waals surface area contributed by atoms with E-state index in [4.69, 9.17) is 25.7 Å². The summed E-state index contributed by atoms with van der Waals surface area (Å²) in [5.74, 6) is 1.53. The van der Waals surface area contributed by atoms with Crippen molar-refractivity contribution >= 4 is 34.6 Å². The second-order valence-electron chi connectivity index (χ2n) is 10.8. The molecule has 0 aliphatic heterocycles. The van der Waals surface area contributed by atoms with E-state index in [2.05, 4.69) is 10.6 Å². The van der Waals surface area contributed by atoms with Gasteiger partial charge in [-0.1, -0.05) is 0 Å². The molecule has 0 atom stereocenters. The van der Waals surface area contributed by atoms with Gasteiger partial charge in [-0.2, -0.15) is 0 Å². The molecular formula is C38H30N4O7. The molecule has 0 heterocycles. The van der Waals surface area contributed by atoms with Crippen molar-refractivity contribution in [3.8, 4) is 46.0 Å². The van der Waals surface area contributed by atoms with Gasteiger partial charge in [0.2, 0.25) is 0 Å². The first-order chi connectivity index (χ1) is 23.7. The van der Waals surface area contributed by atoms with Crippen LogP contribution in [0.2, 0.25) is 0 Å². The normalized spacial score (nSPS) is 10.5. The van der Waals surface area contributed by atoms with Crippen molar-refractivity contribution < 1.29 is 34.0 Å². The average molecular weight is 655 g/mol. The van der Waals surface area contributed by atoms with Crippen LogP contribution in [0.3, 0.4) is 0 Å². The van der Waals surface area contributed by atoms with E-state index < -0.39 is 11.8 Å². The molecule has 6 aromatic rings. The molecule has 244 valence electrons. The number of benzene rings is 6. The van der Waals surface area contributed by atoms with E-state index in [9.17, 15) is 19.8 Å². The zero-order valence-electron chi connectivity index (χ0n) is 25.8. The third-order valence-corrected chi connectivity index (χ3v) is 7.13. The molecule has 0 fully saturated rings. The molecule has 49 heavy (non-hydrogen) atoms. The van der Waals surface area contributed by atoms with Gasteiger partial charge in [-0.15, -0.1) is 0 Å². The second kappa shape index (κ2) is 14.1. The lowest BCUT2D eigenvalue weighted by atomic mass is 10.2. The van der Waals surface area contributed by atoms with Gasteiger partial charge in [0.05, 0.1) is 11.4 Å². The minimum absolute atomic E-state index is 0.112. The quantitative estimate of drug-likeness (QED) is 0.0628. The number of nitrogen functional groups attached to an aromatic ring is 2. The Hall–Kier alpha value is -7.14. The predicted octanol–water partition coefficient (Wildman–Crippen LogP) is 8.14. The fraction of sp³-hybridized carbons (Fsp3) is 0. The van der Waals surface area contributed by atoms with Gasteiger partial charge < -0.3 is 46.5 Å². The highest BCUT2D eigenvalue weighted by molar-refractivity contribution is 6.06. The molecule has 11 nitrogen and oxygen atoms in total. The number of carbonyl (C=O) groups is 2. The number of hydrogen-bond donors (Lipinski definition) is 6. The zero-order chi connectivity index (χ0) is 34.3. The van der Waals surface area contributed by atoms with Crippen molar-refractivity contribution in [2.45, 2.75) is 0 Å². The summed E-state index contributed by atoms with van der Waals surface area (Å²) < 4.78 is 17.5. The lowest BCUT2D eigenvalue weighted by Crippen LogP contribution is -2.12. The first-order valence-electron chi connectivity index (χ1n) is 14.9. The standard InChI is InChI=1S/C38H30N4O7/c39-25-5-13-29(14-6-25)47-27-9-1-23(2-10-27)37(45)41-33-21-31(17-19-35(33)43)49-32-18-20-36(44)34(22-32)42-38(46)24-3-11-28(12-4-24)48-30-15-7-26(40)8-16-30/h1-22,43-44H,39-40H2,(H,41,45)(H,42,46). The Kier molecular flexibility index (Phi) is 9.16. The number of nitrogens with one attached hydrogen (secondary N) is 2. The highest BCUT2D eigenvalue weighted by Gasteiger charge is 2.14. The van der Waals surface area contributed by atoms with Crippen LogP contribution in [0.25, 0.3) is 0 Å². The van der Waals surface area contributed by atoms with Crippen LogP contribution in [0.1, 0.15) is 20.7 Å². The number of aromatic hydroxyl groups is 2. The molecule has 0 bridgehead atoms. The number of ether oxygens (including phenoxy) is 3. The molecule has 6 aromatic carbocycles. The van der Waals surface area contributed by atoms with E-state index in [0.29, 0.717) is 45.5 Å². The van der Waals surface area contributed by atoms with Gasteiger partial charge in [0, 0.05) is 34.6 Å². The monoisotopic (exact) mass is 654 g/mol. The number of hydrogen-bond acceptors (Lipinski definition) is 9. The van der Waals surface area contributed by atoms with E-state index in [-0.39, 0.29) is 34.4 Å². The Morgan fingerprint density at radius 3 is 1.06 bits per heavy atom. The van der Waals surface area contributed by atoms with Crippen molar-refractivity contribution in [2.75, 3.05) is 22.1 Å². The highest BCUT2D eigenvalue weighted by Crippen LogP contribution is 2.35. The Balaban J connectivity index is 1.08. The minimum atomic E-state index is -0.467. The fourth-order valence-electron chi connectivity index (χ4n) is 4.58. The lowest BCUT2D eigenvalue weighted by molar-refractivity contribution is 0.101. The number of phenolic OH excluding ortho intramolecular Hbond substituents is 2. The van der Waals surface area contributed by atoms with Crippen LogP contribution < -0.4 is 36.3 Å². The summed E-state index contributed by atoms with van der Waals surface area (Å²) in [5.41, 5.74) is 13.5. The molecule has 0 saturated heterocycles. The molecule has 0 spiro atoms. The number of carbonyl (C=O) groups excluding carboxylic acids is 2. The predicted molar refractivity (Wildman–Crippen MR) is 187 cm³/mol. The van der Waals surface area contributed by atoms with Crippen LogP contribution in [0.15, 0.2) is 133 Å². The Bertz CT molecular complexity index is 1950. The van der Waals surface area contributed by atoms with E-state index in [1.807, 2.05) is 0 Å². The Morgan fingerprint density at radius 1 is 0.429 bits per heavy atom. The summed E-state index contributed by atoms with van der Waals surface area (Å²) in [6.07, 6.45) is 0. The highest BCUT2D eigenvalue weighted by atomic mass is 16.5.